The quantitative estimate of drug-likeness (QED) is 0.409. The lowest BCUT2D eigenvalue weighted by molar-refractivity contribution is 0.486. The normalized spacial score (nSPS) is 10.1. The maximum absolute atomic E-state index is 11.5. The predicted octanol–water partition coefficient (Wildman–Crippen LogP) is 0.543. The number of nitrogens with zero attached hydrogens (tertiary/aromatic N) is 7. The molecule has 8 nitrogen and oxygen atoms in total. The zero-order valence-corrected chi connectivity index (χ0v) is 9.89. The van der Waals surface area contributed by atoms with E-state index in [4.69, 9.17) is 5.53 Å². The molecule has 17 heavy (non-hydrogen) atoms. The fourth-order valence-electron chi connectivity index (χ4n) is 1.39. The van der Waals surface area contributed by atoms with Gasteiger partial charge in [-0.2, -0.15) is 9.66 Å². The fraction of sp³-hybridized carbons (Fsp3) is 0.667. The standard InChI is InChI=1S/C9H15N7O/c1-8(2)5-15(4-3-13-14-10)16-7-11-6-12-9(16)17/h6-8H,3-5H2,1-2H3. The monoisotopic (exact) mass is 237 g/mol. The van der Waals surface area contributed by atoms with Crippen molar-refractivity contribution in [3.63, 3.8) is 0 Å². The van der Waals surface area contributed by atoms with Crippen LogP contribution in [-0.2, 0) is 0 Å². The number of hydrogen-bond acceptors (Lipinski definition) is 5. The first-order valence-electron chi connectivity index (χ1n) is 5.30. The number of rotatable bonds is 6. The summed E-state index contributed by atoms with van der Waals surface area (Å²) in [7, 11) is 0. The van der Waals surface area contributed by atoms with Crippen molar-refractivity contribution < 1.29 is 0 Å². The molecule has 0 bridgehead atoms. The first kappa shape index (κ1) is 13.0. The highest BCUT2D eigenvalue weighted by molar-refractivity contribution is 4.87. The number of hydrogen-bond donors (Lipinski definition) is 0. The average Bonchev–Trinajstić information content (AvgIpc) is 2.28. The van der Waals surface area contributed by atoms with Crippen LogP contribution >= 0.6 is 0 Å². The minimum Gasteiger partial charge on any atom is -0.307 e. The van der Waals surface area contributed by atoms with Gasteiger partial charge in [-0.25, -0.2) is 9.78 Å². The lowest BCUT2D eigenvalue weighted by atomic mass is 10.2. The molecule has 0 fully saturated rings. The Morgan fingerprint density at radius 1 is 1.65 bits per heavy atom. The highest BCUT2D eigenvalue weighted by Crippen LogP contribution is 1.96. The van der Waals surface area contributed by atoms with Crippen LogP contribution in [0, 0.1) is 5.92 Å². The van der Waals surface area contributed by atoms with Gasteiger partial charge in [0.1, 0.15) is 12.7 Å². The van der Waals surface area contributed by atoms with Crippen LogP contribution in [-0.4, -0.2) is 34.3 Å². The maximum Gasteiger partial charge on any atom is 0.369 e. The van der Waals surface area contributed by atoms with Crippen molar-refractivity contribution in [2.75, 3.05) is 24.6 Å². The number of azide groups is 1. The molecule has 1 rings (SSSR count). The van der Waals surface area contributed by atoms with E-state index in [1.165, 1.54) is 17.3 Å². The summed E-state index contributed by atoms with van der Waals surface area (Å²) in [4.78, 5) is 21.6. The van der Waals surface area contributed by atoms with Gasteiger partial charge in [-0.15, -0.1) is 0 Å². The predicted molar refractivity (Wildman–Crippen MR) is 63.1 cm³/mol. The molecule has 8 heteroatoms. The van der Waals surface area contributed by atoms with Crippen molar-refractivity contribution in [2.24, 2.45) is 11.0 Å². The minimum atomic E-state index is -0.387. The Morgan fingerprint density at radius 2 is 2.41 bits per heavy atom. The molecule has 0 aromatic carbocycles. The summed E-state index contributed by atoms with van der Waals surface area (Å²) in [6, 6.07) is 0. The van der Waals surface area contributed by atoms with Gasteiger partial charge in [-0.3, -0.25) is 0 Å². The Morgan fingerprint density at radius 3 is 3.00 bits per heavy atom. The summed E-state index contributed by atoms with van der Waals surface area (Å²) in [5.74, 6) is 0.369. The second-order valence-corrected chi connectivity index (χ2v) is 3.90. The van der Waals surface area contributed by atoms with Crippen LogP contribution in [0.3, 0.4) is 0 Å². The Balaban J connectivity index is 2.85. The molecule has 0 radical (unpaired) electrons. The molecule has 0 N–H and O–H groups in total. The molecule has 0 amide bonds. The molecule has 1 aromatic heterocycles. The van der Waals surface area contributed by atoms with Gasteiger partial charge < -0.3 is 5.01 Å². The van der Waals surface area contributed by atoms with Gasteiger partial charge in [0.2, 0.25) is 0 Å². The van der Waals surface area contributed by atoms with Crippen molar-refractivity contribution in [1.82, 2.24) is 14.6 Å². The van der Waals surface area contributed by atoms with Crippen LogP contribution in [0.1, 0.15) is 13.8 Å². The lowest BCUT2D eigenvalue weighted by Gasteiger charge is -2.26. The van der Waals surface area contributed by atoms with Gasteiger partial charge in [0, 0.05) is 24.5 Å². The molecule has 0 aliphatic rings. The third kappa shape index (κ3) is 4.12. The van der Waals surface area contributed by atoms with Crippen LogP contribution in [0.25, 0.3) is 10.4 Å². The van der Waals surface area contributed by atoms with E-state index in [1.54, 1.807) is 5.01 Å². The van der Waals surface area contributed by atoms with Crippen LogP contribution in [0.5, 0.6) is 0 Å². The second-order valence-electron chi connectivity index (χ2n) is 3.90. The molecule has 0 aliphatic carbocycles. The van der Waals surface area contributed by atoms with Gasteiger partial charge in [0.05, 0.1) is 0 Å². The van der Waals surface area contributed by atoms with E-state index in [1.807, 2.05) is 13.8 Å². The third-order valence-electron chi connectivity index (χ3n) is 2.01. The molecule has 0 unspecified atom stereocenters. The molecule has 0 spiro atoms. The maximum atomic E-state index is 11.5. The summed E-state index contributed by atoms with van der Waals surface area (Å²) in [6.07, 6.45) is 2.62. The zero-order valence-electron chi connectivity index (χ0n) is 9.89. The second kappa shape index (κ2) is 6.49. The van der Waals surface area contributed by atoms with Crippen LogP contribution < -0.4 is 10.7 Å². The molecular weight excluding hydrogens is 222 g/mol. The first-order valence-corrected chi connectivity index (χ1v) is 5.30. The highest BCUT2D eigenvalue weighted by atomic mass is 16.2. The Hall–Kier alpha value is -2.08. The lowest BCUT2D eigenvalue weighted by Crippen LogP contribution is -2.46. The Bertz CT molecular complexity index is 449. The molecule has 0 saturated carbocycles. The topological polar surface area (TPSA) is 99.8 Å². The average molecular weight is 237 g/mol. The van der Waals surface area contributed by atoms with Crippen molar-refractivity contribution >= 4 is 0 Å². The van der Waals surface area contributed by atoms with Crippen molar-refractivity contribution in [2.45, 2.75) is 13.8 Å². The van der Waals surface area contributed by atoms with Gasteiger partial charge in [0.15, 0.2) is 0 Å². The molecule has 1 aromatic rings. The van der Waals surface area contributed by atoms with Crippen molar-refractivity contribution in [3.8, 4) is 0 Å². The summed E-state index contributed by atoms with van der Waals surface area (Å²) >= 11 is 0. The first-order chi connectivity index (χ1) is 8.15. The zero-order chi connectivity index (χ0) is 12.7. The summed E-state index contributed by atoms with van der Waals surface area (Å²) in [5, 5.41) is 5.22. The van der Waals surface area contributed by atoms with Gasteiger partial charge in [0.25, 0.3) is 0 Å². The van der Waals surface area contributed by atoms with E-state index in [0.717, 1.165) is 0 Å². The molecule has 92 valence electrons. The van der Waals surface area contributed by atoms with E-state index in [0.29, 0.717) is 25.6 Å². The molecule has 0 atom stereocenters. The van der Waals surface area contributed by atoms with E-state index in [-0.39, 0.29) is 5.69 Å². The van der Waals surface area contributed by atoms with Crippen LogP contribution in [0.15, 0.2) is 22.6 Å². The fourth-order valence-corrected chi connectivity index (χ4v) is 1.39. The molecular formula is C9H15N7O. The summed E-state index contributed by atoms with van der Waals surface area (Å²) < 4.78 is 1.34. The number of aromatic nitrogens is 3. The largest absolute Gasteiger partial charge is 0.369 e. The van der Waals surface area contributed by atoms with Crippen molar-refractivity contribution in [1.29, 1.82) is 0 Å². The minimum absolute atomic E-state index is 0.296. The Labute approximate surface area is 98.5 Å². The highest BCUT2D eigenvalue weighted by Gasteiger charge is 2.09. The summed E-state index contributed by atoms with van der Waals surface area (Å²) in [6.45, 7) is 5.49. The van der Waals surface area contributed by atoms with Gasteiger partial charge in [-0.1, -0.05) is 19.0 Å². The molecule has 0 aliphatic heterocycles. The van der Waals surface area contributed by atoms with Crippen LogP contribution in [0.4, 0.5) is 0 Å². The Kier molecular flexibility index (Phi) is 4.96. The SMILES string of the molecule is CC(C)CN(CCN=[N+]=[N-])n1cncnc1=O. The third-order valence-corrected chi connectivity index (χ3v) is 2.01. The smallest absolute Gasteiger partial charge is 0.307 e. The van der Waals surface area contributed by atoms with E-state index >= 15 is 0 Å². The van der Waals surface area contributed by atoms with E-state index < -0.39 is 0 Å². The van der Waals surface area contributed by atoms with Gasteiger partial charge in [-0.05, 0) is 11.4 Å². The van der Waals surface area contributed by atoms with E-state index in [9.17, 15) is 4.79 Å². The molecule has 1 heterocycles. The molecule has 0 saturated heterocycles. The van der Waals surface area contributed by atoms with E-state index in [2.05, 4.69) is 20.0 Å². The van der Waals surface area contributed by atoms with Crippen molar-refractivity contribution in [3.05, 3.63) is 33.6 Å². The van der Waals surface area contributed by atoms with Gasteiger partial charge >= 0.3 is 5.69 Å². The van der Waals surface area contributed by atoms with Crippen LogP contribution in [0.2, 0.25) is 0 Å². The summed E-state index contributed by atoms with van der Waals surface area (Å²) in [5.41, 5.74) is 7.85.